The van der Waals surface area contributed by atoms with Gasteiger partial charge in [-0.05, 0) is 49.9 Å². The van der Waals surface area contributed by atoms with Crippen LogP contribution in [-0.4, -0.2) is 13.7 Å². The molecule has 100 valence electrons. The van der Waals surface area contributed by atoms with Crippen molar-refractivity contribution in [3.05, 3.63) is 28.3 Å². The highest BCUT2D eigenvalue weighted by molar-refractivity contribution is 6.31. The van der Waals surface area contributed by atoms with E-state index in [2.05, 4.69) is 38.2 Å². The van der Waals surface area contributed by atoms with Gasteiger partial charge in [0.25, 0.3) is 0 Å². The Hall–Kier alpha value is -0.730. The summed E-state index contributed by atoms with van der Waals surface area (Å²) in [4.78, 5) is 0. The lowest BCUT2D eigenvalue weighted by Gasteiger charge is -2.28. The smallest absolute Gasteiger partial charge is 0.124 e. The van der Waals surface area contributed by atoms with Crippen LogP contribution in [0.4, 0.5) is 0 Å². The first-order valence-corrected chi connectivity index (χ1v) is 6.98. The van der Waals surface area contributed by atoms with Gasteiger partial charge in [-0.3, -0.25) is 0 Å². The van der Waals surface area contributed by atoms with E-state index in [1.54, 1.807) is 7.11 Å². The molecule has 1 heterocycles. The first-order chi connectivity index (χ1) is 8.48. The summed E-state index contributed by atoms with van der Waals surface area (Å²) >= 11 is 6.41. The normalized spacial score (nSPS) is 23.7. The number of methoxy groups -OCH3 is 1. The van der Waals surface area contributed by atoms with Gasteiger partial charge in [0.1, 0.15) is 5.75 Å². The summed E-state index contributed by atoms with van der Waals surface area (Å²) in [6.45, 7) is 7.58. The molecule has 1 aliphatic rings. The molecule has 18 heavy (non-hydrogen) atoms. The van der Waals surface area contributed by atoms with Gasteiger partial charge >= 0.3 is 0 Å². The monoisotopic (exact) mass is 267 g/mol. The highest BCUT2D eigenvalue weighted by Gasteiger charge is 2.33. The van der Waals surface area contributed by atoms with Crippen molar-refractivity contribution in [1.29, 1.82) is 0 Å². The topological polar surface area (TPSA) is 21.3 Å². The number of rotatable bonds is 3. The molecule has 2 rings (SSSR count). The van der Waals surface area contributed by atoms with Crippen molar-refractivity contribution >= 4 is 11.6 Å². The molecular weight excluding hydrogens is 246 g/mol. The summed E-state index contributed by atoms with van der Waals surface area (Å²) in [6.07, 6.45) is 2.32. The van der Waals surface area contributed by atoms with E-state index in [-0.39, 0.29) is 5.54 Å². The van der Waals surface area contributed by atoms with Gasteiger partial charge in [0.15, 0.2) is 0 Å². The Morgan fingerprint density at radius 2 is 2.11 bits per heavy atom. The fraction of sp³-hybridized carbons (Fsp3) is 0.600. The number of nitrogens with one attached hydrogen (secondary N) is 1. The Bertz CT molecular complexity index is 436. The van der Waals surface area contributed by atoms with E-state index >= 15 is 0 Å². The number of hydrogen-bond acceptors (Lipinski definition) is 2. The second-order valence-electron chi connectivity index (χ2n) is 5.59. The summed E-state index contributed by atoms with van der Waals surface area (Å²) in [5, 5.41) is 4.40. The molecule has 0 bridgehead atoms. The van der Waals surface area contributed by atoms with Crippen LogP contribution in [0.5, 0.6) is 5.75 Å². The van der Waals surface area contributed by atoms with Gasteiger partial charge in [-0.15, -0.1) is 0 Å². The molecule has 0 aromatic heterocycles. The van der Waals surface area contributed by atoms with Gasteiger partial charge in [0.05, 0.1) is 7.11 Å². The van der Waals surface area contributed by atoms with Gasteiger partial charge in [0.2, 0.25) is 0 Å². The van der Waals surface area contributed by atoms with E-state index in [0.717, 1.165) is 29.3 Å². The Morgan fingerprint density at radius 1 is 1.39 bits per heavy atom. The zero-order chi connectivity index (χ0) is 13.3. The molecule has 0 aliphatic carbocycles. The lowest BCUT2D eigenvalue weighted by atomic mass is 9.88. The Kier molecular flexibility index (Phi) is 3.88. The molecule has 0 saturated carbocycles. The molecule has 1 aromatic rings. The van der Waals surface area contributed by atoms with Crippen molar-refractivity contribution in [2.75, 3.05) is 13.7 Å². The number of ether oxygens (including phenoxy) is 1. The summed E-state index contributed by atoms with van der Waals surface area (Å²) in [5.74, 6) is 1.35. The van der Waals surface area contributed by atoms with Crippen LogP contribution in [0.15, 0.2) is 12.1 Å². The molecule has 2 nitrogen and oxygen atoms in total. The summed E-state index contributed by atoms with van der Waals surface area (Å²) in [6, 6.07) is 4.17. The largest absolute Gasteiger partial charge is 0.496 e. The zero-order valence-corrected chi connectivity index (χ0v) is 12.4. The van der Waals surface area contributed by atoms with E-state index in [1.807, 2.05) is 0 Å². The van der Waals surface area contributed by atoms with Crippen molar-refractivity contribution in [3.63, 3.8) is 0 Å². The molecule has 1 aliphatic heterocycles. The van der Waals surface area contributed by atoms with Gasteiger partial charge in [-0.1, -0.05) is 25.4 Å². The average molecular weight is 268 g/mol. The molecule has 0 amide bonds. The molecule has 1 saturated heterocycles. The SMILES string of the molecule is COc1cc(C(C)C)c(Cl)cc1C1(C)CCCN1. The predicted molar refractivity (Wildman–Crippen MR) is 76.7 cm³/mol. The van der Waals surface area contributed by atoms with Crippen LogP contribution in [0.1, 0.15) is 50.7 Å². The van der Waals surface area contributed by atoms with E-state index < -0.39 is 0 Å². The van der Waals surface area contributed by atoms with Crippen LogP contribution in [0, 0.1) is 0 Å². The molecule has 1 N–H and O–H groups in total. The fourth-order valence-corrected chi connectivity index (χ4v) is 3.12. The molecule has 1 aromatic carbocycles. The van der Waals surface area contributed by atoms with Gasteiger partial charge in [-0.25, -0.2) is 0 Å². The third-order valence-electron chi connectivity index (χ3n) is 3.90. The molecule has 1 unspecified atom stereocenters. The Labute approximate surface area is 115 Å². The minimum Gasteiger partial charge on any atom is -0.496 e. The van der Waals surface area contributed by atoms with Crippen molar-refractivity contribution < 1.29 is 4.74 Å². The minimum absolute atomic E-state index is 0.00943. The first kappa shape index (κ1) is 13.7. The summed E-state index contributed by atoms with van der Waals surface area (Å²) in [7, 11) is 1.73. The van der Waals surface area contributed by atoms with Crippen LogP contribution in [0.25, 0.3) is 0 Å². The van der Waals surface area contributed by atoms with Gasteiger partial charge in [-0.2, -0.15) is 0 Å². The molecule has 1 atom stereocenters. The van der Waals surface area contributed by atoms with Gasteiger partial charge < -0.3 is 10.1 Å². The first-order valence-electron chi connectivity index (χ1n) is 6.61. The van der Waals surface area contributed by atoms with Crippen LogP contribution in [0.2, 0.25) is 5.02 Å². The molecule has 3 heteroatoms. The third kappa shape index (κ3) is 2.36. The lowest BCUT2D eigenvalue weighted by Crippen LogP contribution is -2.33. The number of benzene rings is 1. The van der Waals surface area contributed by atoms with Crippen LogP contribution in [-0.2, 0) is 5.54 Å². The number of halogens is 1. The van der Waals surface area contributed by atoms with Gasteiger partial charge in [0, 0.05) is 16.1 Å². The lowest BCUT2D eigenvalue weighted by molar-refractivity contribution is 0.370. The van der Waals surface area contributed by atoms with Crippen molar-refractivity contribution in [3.8, 4) is 5.75 Å². The molecule has 1 fully saturated rings. The van der Waals surface area contributed by atoms with E-state index in [0.29, 0.717) is 5.92 Å². The second kappa shape index (κ2) is 5.10. The summed E-state index contributed by atoms with van der Waals surface area (Å²) in [5.41, 5.74) is 2.32. The maximum absolute atomic E-state index is 6.41. The van der Waals surface area contributed by atoms with E-state index in [9.17, 15) is 0 Å². The average Bonchev–Trinajstić information content (AvgIpc) is 2.76. The zero-order valence-electron chi connectivity index (χ0n) is 11.6. The van der Waals surface area contributed by atoms with Crippen LogP contribution >= 0.6 is 11.6 Å². The standard InChI is InChI=1S/C15H22ClNO/c1-10(2)11-8-14(18-4)12(9-13(11)16)15(3)6-5-7-17-15/h8-10,17H,5-7H2,1-4H3. The van der Waals surface area contributed by atoms with Crippen molar-refractivity contribution in [2.45, 2.75) is 45.1 Å². The van der Waals surface area contributed by atoms with Crippen molar-refractivity contribution in [2.24, 2.45) is 0 Å². The third-order valence-corrected chi connectivity index (χ3v) is 4.23. The predicted octanol–water partition coefficient (Wildman–Crippen LogP) is 4.07. The van der Waals surface area contributed by atoms with E-state index in [1.165, 1.54) is 12.0 Å². The van der Waals surface area contributed by atoms with Crippen LogP contribution < -0.4 is 10.1 Å². The Morgan fingerprint density at radius 3 is 2.61 bits per heavy atom. The molecule has 0 radical (unpaired) electrons. The maximum atomic E-state index is 6.41. The minimum atomic E-state index is -0.00943. The maximum Gasteiger partial charge on any atom is 0.124 e. The molecule has 0 spiro atoms. The fourth-order valence-electron chi connectivity index (χ4n) is 2.74. The number of hydrogen-bond donors (Lipinski definition) is 1. The second-order valence-corrected chi connectivity index (χ2v) is 6.00. The quantitative estimate of drug-likeness (QED) is 0.891. The van der Waals surface area contributed by atoms with Crippen molar-refractivity contribution in [1.82, 2.24) is 5.32 Å². The Balaban J connectivity index is 2.50. The summed E-state index contributed by atoms with van der Waals surface area (Å²) < 4.78 is 5.57. The van der Waals surface area contributed by atoms with Crippen LogP contribution in [0.3, 0.4) is 0 Å². The highest BCUT2D eigenvalue weighted by Crippen LogP contribution is 2.40. The molecular formula is C15H22ClNO. The van der Waals surface area contributed by atoms with E-state index in [4.69, 9.17) is 16.3 Å². The highest BCUT2D eigenvalue weighted by atomic mass is 35.5.